The van der Waals surface area contributed by atoms with Crippen LogP contribution in [0.25, 0.3) is 0 Å². The summed E-state index contributed by atoms with van der Waals surface area (Å²) >= 11 is 5.67. The lowest BCUT2D eigenvalue weighted by Gasteiger charge is -2.00. The van der Waals surface area contributed by atoms with Crippen LogP contribution in [0.15, 0.2) is 42.7 Å². The first-order valence-corrected chi connectivity index (χ1v) is 5.53. The molecule has 2 rings (SSSR count). The van der Waals surface area contributed by atoms with E-state index in [0.717, 1.165) is 13.0 Å². The summed E-state index contributed by atoms with van der Waals surface area (Å²) in [5.41, 5.74) is 2.46. The smallest absolute Gasteiger partial charge is 0.0659 e. The fourth-order valence-corrected chi connectivity index (χ4v) is 1.72. The first-order chi connectivity index (χ1) is 7.38. The largest absolute Gasteiger partial charge is 0.268 e. The summed E-state index contributed by atoms with van der Waals surface area (Å²) < 4.78 is 1.94. The summed E-state index contributed by atoms with van der Waals surface area (Å²) in [6, 6.07) is 10.3. The van der Waals surface area contributed by atoms with Gasteiger partial charge in [-0.3, -0.25) is 4.68 Å². The minimum Gasteiger partial charge on any atom is -0.268 e. The Morgan fingerprint density at radius 2 is 1.93 bits per heavy atom. The summed E-state index contributed by atoms with van der Waals surface area (Å²) in [4.78, 5) is 0. The van der Waals surface area contributed by atoms with Crippen molar-refractivity contribution < 1.29 is 0 Å². The average molecular weight is 221 g/mol. The van der Waals surface area contributed by atoms with E-state index in [0.29, 0.717) is 5.88 Å². The Hall–Kier alpha value is -1.28. The normalized spacial score (nSPS) is 10.5. The number of benzene rings is 1. The first-order valence-electron chi connectivity index (χ1n) is 5.00. The molecule has 0 N–H and O–H groups in total. The van der Waals surface area contributed by atoms with Gasteiger partial charge in [-0.25, -0.2) is 0 Å². The number of nitrogens with zero attached hydrogens (tertiary/aromatic N) is 2. The van der Waals surface area contributed by atoms with E-state index in [1.54, 1.807) is 0 Å². The van der Waals surface area contributed by atoms with Gasteiger partial charge >= 0.3 is 0 Å². The fraction of sp³-hybridized carbons (Fsp3) is 0.250. The molecule has 0 bridgehead atoms. The highest BCUT2D eigenvalue weighted by Gasteiger charge is 1.98. The maximum Gasteiger partial charge on any atom is 0.0659 e. The average Bonchev–Trinajstić information content (AvgIpc) is 2.68. The molecule has 2 aromatic rings. The Balaban J connectivity index is 2.05. The highest BCUT2D eigenvalue weighted by molar-refractivity contribution is 6.17. The zero-order valence-corrected chi connectivity index (χ0v) is 9.19. The van der Waals surface area contributed by atoms with Gasteiger partial charge in [-0.1, -0.05) is 30.3 Å². The molecular weight excluding hydrogens is 208 g/mol. The molecule has 3 heteroatoms. The molecule has 0 saturated heterocycles. The van der Waals surface area contributed by atoms with Crippen LogP contribution in [0.5, 0.6) is 0 Å². The lowest BCUT2D eigenvalue weighted by molar-refractivity contribution is 0.686. The van der Waals surface area contributed by atoms with E-state index in [4.69, 9.17) is 11.6 Å². The zero-order valence-electron chi connectivity index (χ0n) is 8.44. The number of hydrogen-bond acceptors (Lipinski definition) is 1. The number of hydrogen-bond donors (Lipinski definition) is 0. The van der Waals surface area contributed by atoms with Gasteiger partial charge in [0.15, 0.2) is 0 Å². The van der Waals surface area contributed by atoms with E-state index >= 15 is 0 Å². The van der Waals surface area contributed by atoms with E-state index in [1.165, 1.54) is 11.1 Å². The lowest BCUT2D eigenvalue weighted by atomic mass is 10.2. The van der Waals surface area contributed by atoms with Crippen LogP contribution in [0, 0.1) is 0 Å². The summed E-state index contributed by atoms with van der Waals surface area (Å²) in [7, 11) is 0. The van der Waals surface area contributed by atoms with Crippen molar-refractivity contribution in [2.75, 3.05) is 5.88 Å². The van der Waals surface area contributed by atoms with Crippen LogP contribution in [0.2, 0.25) is 0 Å². The van der Waals surface area contributed by atoms with Crippen LogP contribution in [0.4, 0.5) is 0 Å². The van der Waals surface area contributed by atoms with Gasteiger partial charge < -0.3 is 0 Å². The Labute approximate surface area is 94.5 Å². The number of rotatable bonds is 4. The third-order valence-corrected chi connectivity index (χ3v) is 2.45. The summed E-state index contributed by atoms with van der Waals surface area (Å²) in [5, 5.41) is 4.29. The number of halogens is 1. The van der Waals surface area contributed by atoms with Crippen molar-refractivity contribution >= 4 is 11.6 Å². The molecule has 0 atom stereocenters. The van der Waals surface area contributed by atoms with Gasteiger partial charge in [0.2, 0.25) is 0 Å². The molecule has 1 aromatic carbocycles. The predicted molar refractivity (Wildman–Crippen MR) is 62.2 cm³/mol. The second-order valence-electron chi connectivity index (χ2n) is 3.47. The van der Waals surface area contributed by atoms with Crippen molar-refractivity contribution in [3.8, 4) is 0 Å². The molecule has 0 radical (unpaired) electrons. The highest BCUT2D eigenvalue weighted by Crippen LogP contribution is 2.04. The molecule has 0 aliphatic rings. The van der Waals surface area contributed by atoms with E-state index in [2.05, 4.69) is 23.4 Å². The molecule has 2 nitrogen and oxygen atoms in total. The van der Waals surface area contributed by atoms with E-state index in [1.807, 2.05) is 29.1 Å². The number of alkyl halides is 1. The maximum absolute atomic E-state index is 5.67. The summed E-state index contributed by atoms with van der Waals surface area (Å²) in [5.74, 6) is 0.650. The molecule has 1 aromatic heterocycles. The maximum atomic E-state index is 5.67. The van der Waals surface area contributed by atoms with Crippen molar-refractivity contribution in [1.29, 1.82) is 0 Å². The Morgan fingerprint density at radius 3 is 2.67 bits per heavy atom. The zero-order chi connectivity index (χ0) is 10.5. The van der Waals surface area contributed by atoms with Crippen LogP contribution in [-0.2, 0) is 13.0 Å². The Kier molecular flexibility index (Phi) is 3.41. The summed E-state index contributed by atoms with van der Waals surface area (Å²) in [6.45, 7) is 0.823. The Morgan fingerprint density at radius 1 is 1.13 bits per heavy atom. The molecule has 0 aliphatic carbocycles. The molecule has 0 aliphatic heterocycles. The molecule has 0 unspecified atom stereocenters. The van der Waals surface area contributed by atoms with Crippen molar-refractivity contribution in [2.45, 2.75) is 13.0 Å². The van der Waals surface area contributed by atoms with Crippen molar-refractivity contribution in [2.24, 2.45) is 0 Å². The van der Waals surface area contributed by atoms with Gasteiger partial charge in [0.25, 0.3) is 0 Å². The van der Waals surface area contributed by atoms with Crippen LogP contribution in [-0.4, -0.2) is 15.7 Å². The SMILES string of the molecule is ClCCc1cnn(Cc2ccccc2)c1. The predicted octanol–water partition coefficient (Wildman–Crippen LogP) is 2.71. The van der Waals surface area contributed by atoms with Crippen molar-refractivity contribution in [1.82, 2.24) is 9.78 Å². The van der Waals surface area contributed by atoms with Crippen LogP contribution >= 0.6 is 11.6 Å². The van der Waals surface area contributed by atoms with Gasteiger partial charge in [0, 0.05) is 12.1 Å². The third-order valence-electron chi connectivity index (χ3n) is 2.26. The second-order valence-corrected chi connectivity index (χ2v) is 3.85. The first kappa shape index (κ1) is 10.2. The van der Waals surface area contributed by atoms with E-state index in [-0.39, 0.29) is 0 Å². The number of aromatic nitrogens is 2. The number of aryl methyl sites for hydroxylation is 1. The van der Waals surface area contributed by atoms with Gasteiger partial charge in [-0.2, -0.15) is 5.10 Å². The van der Waals surface area contributed by atoms with E-state index < -0.39 is 0 Å². The molecular formula is C12H13ClN2. The topological polar surface area (TPSA) is 17.8 Å². The van der Waals surface area contributed by atoms with Crippen molar-refractivity contribution in [3.63, 3.8) is 0 Å². The van der Waals surface area contributed by atoms with Gasteiger partial charge in [0.1, 0.15) is 0 Å². The monoisotopic (exact) mass is 220 g/mol. The van der Waals surface area contributed by atoms with Gasteiger partial charge in [0.05, 0.1) is 12.7 Å². The molecule has 0 amide bonds. The third kappa shape index (κ3) is 2.83. The molecule has 0 saturated carbocycles. The molecule has 1 heterocycles. The molecule has 0 spiro atoms. The van der Waals surface area contributed by atoms with Crippen LogP contribution < -0.4 is 0 Å². The van der Waals surface area contributed by atoms with Gasteiger partial charge in [-0.05, 0) is 17.5 Å². The standard InChI is InChI=1S/C12H13ClN2/c13-7-6-12-8-14-15(10-12)9-11-4-2-1-3-5-11/h1-5,8,10H,6-7,9H2. The molecule has 0 fully saturated rings. The Bertz CT molecular complexity index is 409. The van der Waals surface area contributed by atoms with Crippen molar-refractivity contribution in [3.05, 3.63) is 53.9 Å². The minimum absolute atomic E-state index is 0.650. The fourth-order valence-electron chi connectivity index (χ4n) is 1.50. The second kappa shape index (κ2) is 4.99. The van der Waals surface area contributed by atoms with Gasteiger partial charge in [-0.15, -0.1) is 11.6 Å². The van der Waals surface area contributed by atoms with E-state index in [9.17, 15) is 0 Å². The molecule has 15 heavy (non-hydrogen) atoms. The molecule has 78 valence electrons. The summed E-state index contributed by atoms with van der Waals surface area (Å²) in [6.07, 6.45) is 4.82. The van der Waals surface area contributed by atoms with Crippen LogP contribution in [0.3, 0.4) is 0 Å². The highest BCUT2D eigenvalue weighted by atomic mass is 35.5. The van der Waals surface area contributed by atoms with Crippen LogP contribution in [0.1, 0.15) is 11.1 Å². The lowest BCUT2D eigenvalue weighted by Crippen LogP contribution is -1.99. The minimum atomic E-state index is 0.650. The quantitative estimate of drug-likeness (QED) is 0.725.